The van der Waals surface area contributed by atoms with E-state index >= 15 is 0 Å². The highest BCUT2D eigenvalue weighted by atomic mass is 79.9. The molecule has 0 saturated heterocycles. The summed E-state index contributed by atoms with van der Waals surface area (Å²) in [5, 5.41) is 3.37. The Labute approximate surface area is 116 Å². The highest BCUT2D eigenvalue weighted by Gasteiger charge is 2.02. The van der Waals surface area contributed by atoms with Crippen LogP contribution in [-0.4, -0.2) is 16.1 Å². The smallest absolute Gasteiger partial charge is 0.203 e. The van der Waals surface area contributed by atoms with Gasteiger partial charge in [-0.1, -0.05) is 41.4 Å². The van der Waals surface area contributed by atoms with E-state index in [9.17, 15) is 0 Å². The zero-order chi connectivity index (χ0) is 12.8. The van der Waals surface area contributed by atoms with Crippen molar-refractivity contribution >= 4 is 21.9 Å². The predicted molar refractivity (Wildman–Crippen MR) is 78.9 cm³/mol. The summed E-state index contributed by atoms with van der Waals surface area (Å²) in [5.41, 5.74) is 1.26. The van der Waals surface area contributed by atoms with E-state index in [-0.39, 0.29) is 0 Å². The molecule has 2 aromatic rings. The number of rotatable bonds is 6. The first-order chi connectivity index (χ1) is 8.79. The van der Waals surface area contributed by atoms with Crippen molar-refractivity contribution in [3.8, 4) is 0 Å². The second-order valence-electron chi connectivity index (χ2n) is 4.29. The quantitative estimate of drug-likeness (QED) is 0.820. The molecule has 0 amide bonds. The van der Waals surface area contributed by atoms with Crippen LogP contribution >= 0.6 is 15.9 Å². The Hall–Kier alpha value is -1.29. The molecule has 18 heavy (non-hydrogen) atoms. The van der Waals surface area contributed by atoms with Gasteiger partial charge in [0.2, 0.25) is 5.95 Å². The lowest BCUT2D eigenvalue weighted by atomic mass is 10.2. The Morgan fingerprint density at radius 3 is 3.06 bits per heavy atom. The second-order valence-corrected chi connectivity index (χ2v) is 5.20. The summed E-state index contributed by atoms with van der Waals surface area (Å²) in [7, 11) is 0. The van der Waals surface area contributed by atoms with Gasteiger partial charge >= 0.3 is 0 Å². The molecule has 4 heteroatoms. The van der Waals surface area contributed by atoms with Gasteiger partial charge in [-0.25, -0.2) is 4.98 Å². The van der Waals surface area contributed by atoms with E-state index < -0.39 is 0 Å². The number of halogens is 1. The standard InChI is InChI=1S/C14H18BrN3/c1-2-3-7-16-14-17-8-9-18(14)11-12-5-4-6-13(15)10-12/h4-6,8-10H,2-3,7,11H2,1H3,(H,16,17). The van der Waals surface area contributed by atoms with Crippen LogP contribution in [-0.2, 0) is 6.54 Å². The van der Waals surface area contributed by atoms with E-state index in [0.717, 1.165) is 23.5 Å². The normalized spacial score (nSPS) is 10.6. The van der Waals surface area contributed by atoms with Crippen molar-refractivity contribution in [3.63, 3.8) is 0 Å². The predicted octanol–water partition coefficient (Wildman–Crippen LogP) is 3.91. The number of aromatic nitrogens is 2. The largest absolute Gasteiger partial charge is 0.356 e. The summed E-state index contributed by atoms with van der Waals surface area (Å²) >= 11 is 3.50. The van der Waals surface area contributed by atoms with Gasteiger partial charge in [0.15, 0.2) is 0 Å². The summed E-state index contributed by atoms with van der Waals surface area (Å²) in [6.07, 6.45) is 6.21. The molecule has 0 unspecified atom stereocenters. The van der Waals surface area contributed by atoms with Crippen molar-refractivity contribution in [3.05, 3.63) is 46.7 Å². The van der Waals surface area contributed by atoms with Gasteiger partial charge in [0.05, 0.1) is 6.54 Å². The van der Waals surface area contributed by atoms with Gasteiger partial charge in [0.25, 0.3) is 0 Å². The van der Waals surface area contributed by atoms with Crippen LogP contribution in [0.25, 0.3) is 0 Å². The molecule has 0 radical (unpaired) electrons. The summed E-state index contributed by atoms with van der Waals surface area (Å²) in [6, 6.07) is 8.36. The molecular weight excluding hydrogens is 290 g/mol. The summed E-state index contributed by atoms with van der Waals surface area (Å²) in [4.78, 5) is 4.35. The lowest BCUT2D eigenvalue weighted by Gasteiger charge is -2.09. The summed E-state index contributed by atoms with van der Waals surface area (Å²) in [5.74, 6) is 0.948. The molecule has 3 nitrogen and oxygen atoms in total. The number of nitrogens with one attached hydrogen (secondary N) is 1. The van der Waals surface area contributed by atoms with Crippen molar-refractivity contribution in [2.75, 3.05) is 11.9 Å². The Bertz CT molecular complexity index is 493. The van der Waals surface area contributed by atoms with Gasteiger partial charge in [-0.15, -0.1) is 0 Å². The first kappa shape index (κ1) is 13.1. The Kier molecular flexibility index (Phi) is 4.81. The van der Waals surface area contributed by atoms with Gasteiger partial charge in [-0.3, -0.25) is 0 Å². The van der Waals surface area contributed by atoms with E-state index in [0.29, 0.717) is 0 Å². The lowest BCUT2D eigenvalue weighted by molar-refractivity contribution is 0.775. The molecule has 2 rings (SSSR count). The van der Waals surface area contributed by atoms with Gasteiger partial charge < -0.3 is 9.88 Å². The molecule has 0 spiro atoms. The molecule has 1 N–H and O–H groups in total. The summed E-state index contributed by atoms with van der Waals surface area (Å²) < 4.78 is 3.25. The minimum atomic E-state index is 0.841. The minimum absolute atomic E-state index is 0.841. The number of anilines is 1. The third kappa shape index (κ3) is 3.60. The maximum atomic E-state index is 4.35. The fourth-order valence-corrected chi connectivity index (χ4v) is 2.26. The molecule has 0 aliphatic rings. The zero-order valence-electron chi connectivity index (χ0n) is 10.6. The van der Waals surface area contributed by atoms with Gasteiger partial charge in [0, 0.05) is 23.4 Å². The maximum Gasteiger partial charge on any atom is 0.203 e. The highest BCUT2D eigenvalue weighted by Crippen LogP contribution is 2.14. The monoisotopic (exact) mass is 307 g/mol. The van der Waals surface area contributed by atoms with E-state index in [2.05, 4.69) is 55.9 Å². The van der Waals surface area contributed by atoms with Gasteiger partial charge in [0.1, 0.15) is 0 Å². The van der Waals surface area contributed by atoms with E-state index in [1.807, 2.05) is 18.5 Å². The lowest BCUT2D eigenvalue weighted by Crippen LogP contribution is -2.09. The number of nitrogens with zero attached hydrogens (tertiary/aromatic N) is 2. The second kappa shape index (κ2) is 6.59. The molecule has 0 fully saturated rings. The number of unbranched alkanes of at least 4 members (excludes halogenated alkanes) is 1. The average molecular weight is 308 g/mol. The average Bonchev–Trinajstić information content (AvgIpc) is 2.77. The maximum absolute atomic E-state index is 4.35. The molecule has 0 aliphatic carbocycles. The van der Waals surface area contributed by atoms with Crippen LogP contribution in [0.5, 0.6) is 0 Å². The van der Waals surface area contributed by atoms with Crippen molar-refractivity contribution < 1.29 is 0 Å². The molecular formula is C14H18BrN3. The van der Waals surface area contributed by atoms with Crippen LogP contribution in [0.1, 0.15) is 25.3 Å². The van der Waals surface area contributed by atoms with Crippen molar-refractivity contribution in [2.45, 2.75) is 26.3 Å². The fourth-order valence-electron chi connectivity index (χ4n) is 1.81. The molecule has 0 saturated carbocycles. The Balaban J connectivity index is 2.03. The van der Waals surface area contributed by atoms with Crippen molar-refractivity contribution in [2.24, 2.45) is 0 Å². The fraction of sp³-hybridized carbons (Fsp3) is 0.357. The Morgan fingerprint density at radius 2 is 2.28 bits per heavy atom. The molecule has 1 heterocycles. The molecule has 1 aromatic carbocycles. The van der Waals surface area contributed by atoms with Crippen LogP contribution < -0.4 is 5.32 Å². The third-order valence-electron chi connectivity index (χ3n) is 2.77. The minimum Gasteiger partial charge on any atom is -0.356 e. The SMILES string of the molecule is CCCCNc1nccn1Cc1cccc(Br)c1. The van der Waals surface area contributed by atoms with Crippen LogP contribution in [0.4, 0.5) is 5.95 Å². The highest BCUT2D eigenvalue weighted by molar-refractivity contribution is 9.10. The zero-order valence-corrected chi connectivity index (χ0v) is 12.2. The van der Waals surface area contributed by atoms with Crippen LogP contribution in [0.2, 0.25) is 0 Å². The third-order valence-corrected chi connectivity index (χ3v) is 3.26. The molecule has 1 aromatic heterocycles. The van der Waals surface area contributed by atoms with Crippen LogP contribution in [0, 0.1) is 0 Å². The molecule has 0 bridgehead atoms. The number of hydrogen-bond donors (Lipinski definition) is 1. The Morgan fingerprint density at radius 1 is 1.39 bits per heavy atom. The van der Waals surface area contributed by atoms with E-state index in [1.165, 1.54) is 18.4 Å². The first-order valence-electron chi connectivity index (χ1n) is 6.29. The van der Waals surface area contributed by atoms with Gasteiger partial charge in [-0.05, 0) is 24.1 Å². The van der Waals surface area contributed by atoms with Crippen molar-refractivity contribution in [1.29, 1.82) is 0 Å². The topological polar surface area (TPSA) is 29.9 Å². The number of hydrogen-bond acceptors (Lipinski definition) is 2. The van der Waals surface area contributed by atoms with E-state index in [4.69, 9.17) is 0 Å². The first-order valence-corrected chi connectivity index (χ1v) is 7.08. The van der Waals surface area contributed by atoms with Crippen LogP contribution in [0.3, 0.4) is 0 Å². The van der Waals surface area contributed by atoms with Crippen LogP contribution in [0.15, 0.2) is 41.1 Å². The molecule has 0 aliphatic heterocycles. The summed E-state index contributed by atoms with van der Waals surface area (Å²) in [6.45, 7) is 4.01. The number of imidazole rings is 1. The van der Waals surface area contributed by atoms with E-state index in [1.54, 1.807) is 0 Å². The van der Waals surface area contributed by atoms with Gasteiger partial charge in [-0.2, -0.15) is 0 Å². The molecule has 96 valence electrons. The number of benzene rings is 1. The molecule has 0 atom stereocenters. The van der Waals surface area contributed by atoms with Crippen molar-refractivity contribution in [1.82, 2.24) is 9.55 Å².